The van der Waals surface area contributed by atoms with Crippen LogP contribution < -0.4 is 5.32 Å². The summed E-state index contributed by atoms with van der Waals surface area (Å²) >= 11 is 6.61. The molecule has 2 saturated carbocycles. The van der Waals surface area contributed by atoms with Crippen LogP contribution in [0.15, 0.2) is 42.5 Å². The van der Waals surface area contributed by atoms with Crippen molar-refractivity contribution in [2.24, 2.45) is 17.8 Å². The van der Waals surface area contributed by atoms with Crippen LogP contribution in [0.3, 0.4) is 0 Å². The Morgan fingerprint density at radius 3 is 2.46 bits per heavy atom. The largest absolute Gasteiger partial charge is 0.354 e. The van der Waals surface area contributed by atoms with Gasteiger partial charge in [-0.2, -0.15) is 0 Å². The van der Waals surface area contributed by atoms with E-state index in [0.717, 1.165) is 23.4 Å². The molecule has 2 aliphatic carbocycles. The minimum absolute atomic E-state index is 0.0632. The minimum atomic E-state index is -0.391. The molecule has 2 unspecified atom stereocenters. The summed E-state index contributed by atoms with van der Waals surface area (Å²) in [5.74, 6) is 2.52. The number of rotatable bonds is 4. The second-order valence-electron chi connectivity index (χ2n) is 9.14. The number of nitrogens with one attached hydrogen (secondary N) is 1. The fourth-order valence-electron chi connectivity index (χ4n) is 5.67. The molecular weight excluding hydrogens is 372 g/mol. The number of hydrogen-bond acceptors (Lipinski definition) is 3. The number of hydrogen-bond donors (Lipinski definition) is 1. The summed E-state index contributed by atoms with van der Waals surface area (Å²) in [5, 5.41) is 14.9. The van der Waals surface area contributed by atoms with E-state index < -0.39 is 4.92 Å². The van der Waals surface area contributed by atoms with Gasteiger partial charge in [-0.15, -0.1) is 0 Å². The standard InChI is InChI=1S/C23H27ClN2O2/c1-15-8-16-10-17(9-15)14-23(2,13-16)18-6-7-22(21(24)11-18)25-19-4-3-5-20(12-19)26(27)28/h3-7,11-12,15-17,25H,8-10,13-14H2,1-2H3. The highest BCUT2D eigenvalue weighted by molar-refractivity contribution is 6.33. The molecule has 2 aromatic rings. The van der Waals surface area contributed by atoms with E-state index in [-0.39, 0.29) is 11.1 Å². The zero-order chi connectivity index (χ0) is 19.9. The van der Waals surface area contributed by atoms with Gasteiger partial charge in [0, 0.05) is 17.8 Å². The first-order valence-electron chi connectivity index (χ1n) is 10.1. The molecule has 0 spiro atoms. The van der Waals surface area contributed by atoms with Crippen LogP contribution >= 0.6 is 11.6 Å². The number of nitrogens with zero attached hydrogens (tertiary/aromatic N) is 1. The van der Waals surface area contributed by atoms with Crippen molar-refractivity contribution in [3.8, 4) is 0 Å². The zero-order valence-corrected chi connectivity index (χ0v) is 17.2. The second kappa shape index (κ2) is 7.40. The van der Waals surface area contributed by atoms with Crippen molar-refractivity contribution in [1.82, 2.24) is 0 Å². The summed E-state index contributed by atoms with van der Waals surface area (Å²) in [7, 11) is 0. The smallest absolute Gasteiger partial charge is 0.271 e. The van der Waals surface area contributed by atoms with Crippen LogP contribution in [-0.4, -0.2) is 4.92 Å². The van der Waals surface area contributed by atoms with Crippen LogP contribution in [0.5, 0.6) is 0 Å². The van der Waals surface area contributed by atoms with Crippen molar-refractivity contribution in [2.45, 2.75) is 51.4 Å². The highest BCUT2D eigenvalue weighted by Gasteiger charge is 2.41. The fourth-order valence-corrected chi connectivity index (χ4v) is 5.90. The van der Waals surface area contributed by atoms with E-state index in [4.69, 9.17) is 11.6 Å². The van der Waals surface area contributed by atoms with Crippen molar-refractivity contribution < 1.29 is 4.92 Å². The Kier molecular flexibility index (Phi) is 5.09. The van der Waals surface area contributed by atoms with Crippen LogP contribution in [-0.2, 0) is 5.41 Å². The molecule has 0 aliphatic heterocycles. The molecule has 0 aromatic heterocycles. The molecular formula is C23H27ClN2O2. The summed E-state index contributed by atoms with van der Waals surface area (Å²) in [6.45, 7) is 4.79. The number of non-ortho nitro benzene ring substituents is 1. The second-order valence-corrected chi connectivity index (χ2v) is 9.55. The van der Waals surface area contributed by atoms with Crippen molar-refractivity contribution in [3.63, 3.8) is 0 Å². The van der Waals surface area contributed by atoms with E-state index in [1.54, 1.807) is 6.07 Å². The Balaban J connectivity index is 1.55. The third-order valence-electron chi connectivity index (χ3n) is 6.62. The molecule has 4 rings (SSSR count). The molecule has 1 N–H and O–H groups in total. The SMILES string of the molecule is CC1CC2CC(C1)CC(C)(c1ccc(Nc3cccc([N+](=O)[O-])c3)c(Cl)c1)C2. The quantitative estimate of drug-likeness (QED) is 0.441. The predicted octanol–water partition coefficient (Wildman–Crippen LogP) is 7.10. The van der Waals surface area contributed by atoms with Crippen molar-refractivity contribution in [2.75, 3.05) is 5.32 Å². The van der Waals surface area contributed by atoms with E-state index in [1.807, 2.05) is 12.1 Å². The van der Waals surface area contributed by atoms with Gasteiger partial charge in [0.2, 0.25) is 0 Å². The number of nitro groups is 1. The van der Waals surface area contributed by atoms with E-state index in [9.17, 15) is 10.1 Å². The van der Waals surface area contributed by atoms with E-state index in [0.29, 0.717) is 10.7 Å². The number of benzene rings is 2. The van der Waals surface area contributed by atoms with Gasteiger partial charge in [-0.1, -0.05) is 37.6 Å². The molecule has 0 amide bonds. The van der Waals surface area contributed by atoms with Crippen molar-refractivity contribution in [1.29, 1.82) is 0 Å². The molecule has 2 bridgehead atoms. The average molecular weight is 399 g/mol. The van der Waals surface area contributed by atoms with Gasteiger partial charge in [0.15, 0.2) is 0 Å². The first kappa shape index (κ1) is 19.3. The summed E-state index contributed by atoms with van der Waals surface area (Å²) in [6, 6.07) is 12.8. The first-order valence-corrected chi connectivity index (χ1v) is 10.5. The first-order chi connectivity index (χ1) is 13.3. The average Bonchev–Trinajstić information content (AvgIpc) is 2.62. The lowest BCUT2D eigenvalue weighted by Crippen LogP contribution is -2.38. The molecule has 5 heteroatoms. The van der Waals surface area contributed by atoms with Crippen molar-refractivity contribution in [3.05, 3.63) is 63.2 Å². The van der Waals surface area contributed by atoms with Gasteiger partial charge in [0.1, 0.15) is 0 Å². The molecule has 0 radical (unpaired) electrons. The van der Waals surface area contributed by atoms with Gasteiger partial charge in [-0.3, -0.25) is 10.1 Å². The van der Waals surface area contributed by atoms with Crippen LogP contribution in [0.25, 0.3) is 0 Å². The Labute approximate surface area is 171 Å². The molecule has 4 nitrogen and oxygen atoms in total. The van der Waals surface area contributed by atoms with Gasteiger partial charge in [-0.05, 0) is 79.0 Å². The van der Waals surface area contributed by atoms with Crippen LogP contribution in [0, 0.1) is 27.9 Å². The third-order valence-corrected chi connectivity index (χ3v) is 6.93. The monoisotopic (exact) mass is 398 g/mol. The van der Waals surface area contributed by atoms with Gasteiger partial charge >= 0.3 is 0 Å². The number of nitro benzene ring substituents is 1. The molecule has 148 valence electrons. The summed E-state index contributed by atoms with van der Waals surface area (Å²) in [4.78, 5) is 10.6. The molecule has 0 saturated heterocycles. The lowest BCUT2D eigenvalue weighted by Gasteiger charge is -2.47. The lowest BCUT2D eigenvalue weighted by molar-refractivity contribution is -0.384. The maximum atomic E-state index is 11.0. The summed E-state index contributed by atoms with van der Waals surface area (Å²) < 4.78 is 0. The Hall–Kier alpha value is -2.07. The lowest BCUT2D eigenvalue weighted by atomic mass is 9.57. The van der Waals surface area contributed by atoms with Crippen molar-refractivity contribution >= 4 is 28.7 Å². The Morgan fingerprint density at radius 1 is 1.11 bits per heavy atom. The summed E-state index contributed by atoms with van der Waals surface area (Å²) in [5.41, 5.74) is 3.00. The maximum absolute atomic E-state index is 11.0. The molecule has 2 atom stereocenters. The predicted molar refractivity (Wildman–Crippen MR) is 114 cm³/mol. The van der Waals surface area contributed by atoms with Gasteiger partial charge < -0.3 is 5.32 Å². The zero-order valence-electron chi connectivity index (χ0n) is 16.5. The number of anilines is 2. The topological polar surface area (TPSA) is 55.2 Å². The molecule has 2 aromatic carbocycles. The highest BCUT2D eigenvalue weighted by atomic mass is 35.5. The number of halogens is 1. The molecule has 28 heavy (non-hydrogen) atoms. The maximum Gasteiger partial charge on any atom is 0.271 e. The van der Waals surface area contributed by atoms with E-state index in [2.05, 4.69) is 31.3 Å². The molecule has 2 aliphatic rings. The van der Waals surface area contributed by atoms with Crippen LogP contribution in [0.4, 0.5) is 17.1 Å². The highest BCUT2D eigenvalue weighted by Crippen LogP contribution is 2.51. The normalized spacial score (nSPS) is 29.3. The summed E-state index contributed by atoms with van der Waals surface area (Å²) in [6.07, 6.45) is 6.57. The number of fused-ring (bicyclic) bond motifs is 2. The van der Waals surface area contributed by atoms with Crippen LogP contribution in [0.1, 0.15) is 51.5 Å². The van der Waals surface area contributed by atoms with Crippen LogP contribution in [0.2, 0.25) is 5.02 Å². The van der Waals surface area contributed by atoms with E-state index in [1.165, 1.54) is 49.8 Å². The van der Waals surface area contributed by atoms with Gasteiger partial charge in [0.25, 0.3) is 5.69 Å². The minimum Gasteiger partial charge on any atom is -0.354 e. The van der Waals surface area contributed by atoms with Gasteiger partial charge in [0.05, 0.1) is 15.6 Å². The fraction of sp³-hybridized carbons (Fsp3) is 0.478. The van der Waals surface area contributed by atoms with E-state index >= 15 is 0 Å². The molecule has 2 fully saturated rings. The Bertz CT molecular complexity index is 880. The Morgan fingerprint density at radius 2 is 1.82 bits per heavy atom. The third kappa shape index (κ3) is 3.88. The van der Waals surface area contributed by atoms with Gasteiger partial charge in [-0.25, -0.2) is 0 Å². The molecule has 0 heterocycles.